The molecule has 0 bridgehead atoms. The Morgan fingerprint density at radius 2 is 1.43 bits per heavy atom. The van der Waals surface area contributed by atoms with E-state index < -0.39 is 7.82 Å². The Morgan fingerprint density at radius 1 is 1.43 bits per heavy atom. The Hall–Kier alpha value is 2.85. The first-order chi connectivity index (χ1) is 2.00. The molecule has 7 heteroatoms. The first kappa shape index (κ1) is 16.4. The van der Waals surface area contributed by atoms with Crippen LogP contribution in [-0.2, 0) is 4.57 Å². The van der Waals surface area contributed by atoms with E-state index in [9.17, 15) is 0 Å². The van der Waals surface area contributed by atoms with Crippen LogP contribution in [0.5, 0.6) is 0 Å². The quantitative estimate of drug-likeness (QED) is 0.352. The molecule has 0 amide bonds. The van der Waals surface area contributed by atoms with Gasteiger partial charge in [0.25, 0.3) is 0 Å². The molecule has 0 radical (unpaired) electrons. The van der Waals surface area contributed by atoms with Crippen molar-refractivity contribution in [2.24, 2.45) is 0 Å². The normalized spacial score (nSPS) is 8.43. The monoisotopic (exact) mass is 224 g/mol. The van der Waals surface area contributed by atoms with Gasteiger partial charge in [0.15, 0.2) is 0 Å². The van der Waals surface area contributed by atoms with Crippen LogP contribution in [0.3, 0.4) is 0 Å². The zero-order valence-corrected chi connectivity index (χ0v) is 10.1. The van der Waals surface area contributed by atoms with Gasteiger partial charge < -0.3 is 19.2 Å². The first-order valence-corrected chi connectivity index (χ1v) is 2.24. The van der Waals surface area contributed by atoms with E-state index in [4.69, 9.17) is 19.2 Å². The van der Waals surface area contributed by atoms with Crippen molar-refractivity contribution in [3.63, 3.8) is 0 Å². The van der Waals surface area contributed by atoms with Gasteiger partial charge in [-0.1, -0.05) is 0 Å². The molecular formula is HCaO4PSr+2. The van der Waals surface area contributed by atoms with E-state index in [1.165, 1.54) is 0 Å². The average Bonchev–Trinajstić information content (AvgIpc) is 0.722. The van der Waals surface area contributed by atoms with Crippen LogP contribution in [0, 0.1) is 0 Å². The third-order valence-corrected chi connectivity index (χ3v) is 0. The zero-order valence-electron chi connectivity index (χ0n) is 3.53. The third kappa shape index (κ3) is 51.1. The molecule has 0 aromatic carbocycles. The van der Waals surface area contributed by atoms with Gasteiger partial charge in [0.05, 0.1) is 7.82 Å². The molecule has 0 unspecified atom stereocenters. The van der Waals surface area contributed by atoms with Crippen LogP contribution in [0.2, 0.25) is 0 Å². The summed E-state index contributed by atoms with van der Waals surface area (Å²) in [4.78, 5) is 24.3. The Morgan fingerprint density at radius 3 is 1.43 bits per heavy atom. The van der Waals surface area contributed by atoms with Crippen LogP contribution in [0.15, 0.2) is 0 Å². The largest absolute Gasteiger partial charge is 2.00 e. The maximum atomic E-state index is 8.66. The summed E-state index contributed by atoms with van der Waals surface area (Å²) >= 11 is 0. The predicted molar refractivity (Wildman–Crippen MR) is 21.3 cm³/mol. The molecule has 0 aromatic rings. The van der Waals surface area contributed by atoms with Gasteiger partial charge in [-0.25, -0.2) is 0 Å². The smallest absolute Gasteiger partial charge is 0.790 e. The molecule has 0 atom stereocenters. The fourth-order valence-corrected chi connectivity index (χ4v) is 0. The van der Waals surface area contributed by atoms with Gasteiger partial charge in [-0.15, -0.1) is 0 Å². The van der Waals surface area contributed by atoms with Crippen molar-refractivity contribution in [3.05, 3.63) is 0 Å². The summed E-state index contributed by atoms with van der Waals surface area (Å²) in [5.41, 5.74) is 0. The van der Waals surface area contributed by atoms with E-state index in [1.54, 1.807) is 0 Å². The first-order valence-electron chi connectivity index (χ1n) is 0.748. The molecular weight excluding hydrogens is 223 g/mol. The summed E-state index contributed by atoms with van der Waals surface area (Å²) in [6.07, 6.45) is 0. The summed E-state index contributed by atoms with van der Waals surface area (Å²) in [6, 6.07) is 0. The molecule has 0 aliphatic rings. The van der Waals surface area contributed by atoms with Gasteiger partial charge in [0.2, 0.25) is 0 Å². The Labute approximate surface area is 108 Å². The van der Waals surface area contributed by atoms with Gasteiger partial charge in [-0.2, -0.15) is 0 Å². The molecule has 0 aliphatic heterocycles. The van der Waals surface area contributed by atoms with Crippen molar-refractivity contribution < 1.29 is 19.2 Å². The van der Waals surface area contributed by atoms with Crippen LogP contribution in [0.4, 0.5) is 0 Å². The van der Waals surface area contributed by atoms with Crippen LogP contribution >= 0.6 is 7.82 Å². The summed E-state index contributed by atoms with van der Waals surface area (Å²) in [5, 5.41) is 0. The van der Waals surface area contributed by atoms with Crippen LogP contribution in [-0.4, -0.2) is 88.1 Å². The van der Waals surface area contributed by atoms with Crippen molar-refractivity contribution in [2.75, 3.05) is 0 Å². The van der Waals surface area contributed by atoms with E-state index in [1.807, 2.05) is 0 Å². The van der Waals surface area contributed by atoms with E-state index >= 15 is 0 Å². The van der Waals surface area contributed by atoms with Gasteiger partial charge in [-0.3, -0.25) is 0 Å². The van der Waals surface area contributed by atoms with Crippen LogP contribution in [0.1, 0.15) is 0 Å². The number of hydrogen-bond donors (Lipinski definition) is 1. The van der Waals surface area contributed by atoms with E-state index in [-0.39, 0.29) is 83.2 Å². The molecule has 0 aliphatic carbocycles. The van der Waals surface area contributed by atoms with Gasteiger partial charge in [-0.05, 0) is 0 Å². The van der Waals surface area contributed by atoms with E-state index in [2.05, 4.69) is 0 Å². The number of hydrogen-bond acceptors (Lipinski definition) is 3. The second kappa shape index (κ2) is 6.96. The Balaban J connectivity index is -0.0000000800. The topological polar surface area (TPSA) is 83.4 Å². The summed E-state index contributed by atoms with van der Waals surface area (Å²) in [6.45, 7) is 0. The maximum Gasteiger partial charge on any atom is 2.00 e. The van der Waals surface area contributed by atoms with Crippen molar-refractivity contribution in [1.82, 2.24) is 0 Å². The molecule has 0 saturated carbocycles. The van der Waals surface area contributed by atoms with Gasteiger partial charge in [0.1, 0.15) is 0 Å². The summed E-state index contributed by atoms with van der Waals surface area (Å²) < 4.78 is 8.66. The fourth-order valence-electron chi connectivity index (χ4n) is 0. The minimum absolute atomic E-state index is 0. The molecule has 0 heterocycles. The summed E-state index contributed by atoms with van der Waals surface area (Å²) in [7, 11) is -5.14. The van der Waals surface area contributed by atoms with Crippen LogP contribution in [0.25, 0.3) is 0 Å². The molecule has 4 nitrogen and oxygen atoms in total. The number of rotatable bonds is 0. The fraction of sp³-hybridized carbons (Fsp3) is 0. The number of phosphoric acid groups is 1. The molecule has 32 valence electrons. The van der Waals surface area contributed by atoms with E-state index in [0.717, 1.165) is 0 Å². The Bertz CT molecular complexity index is 57.8. The van der Waals surface area contributed by atoms with Crippen LogP contribution < -0.4 is 9.79 Å². The second-order valence-corrected chi connectivity index (χ2v) is 1.41. The van der Waals surface area contributed by atoms with Crippen molar-refractivity contribution in [2.45, 2.75) is 0 Å². The van der Waals surface area contributed by atoms with Gasteiger partial charge >= 0.3 is 83.2 Å². The molecule has 0 fully saturated rings. The van der Waals surface area contributed by atoms with Crippen molar-refractivity contribution >= 4 is 91.0 Å². The van der Waals surface area contributed by atoms with E-state index in [0.29, 0.717) is 0 Å². The SMILES string of the molecule is O=P([O-])([O-])O.[Ca+2].[Sr+2]. The standard InChI is InChI=1S/Ca.H3O4P.Sr/c;1-5(2,3)4;/h;(H3,1,2,3,4);/q+2;;+2/p-2. The summed E-state index contributed by atoms with van der Waals surface area (Å²) in [5.74, 6) is 0. The molecule has 0 aromatic heterocycles. The Kier molecular flexibility index (Phi) is 16.4. The zero-order chi connectivity index (χ0) is 4.50. The van der Waals surface area contributed by atoms with Crippen molar-refractivity contribution in [3.8, 4) is 0 Å². The predicted octanol–water partition coefficient (Wildman–Crippen LogP) is -2.95. The minimum atomic E-state index is -5.14. The molecule has 0 saturated heterocycles. The van der Waals surface area contributed by atoms with Gasteiger partial charge in [0, 0.05) is 0 Å². The second-order valence-electron chi connectivity index (χ2n) is 0.469. The average molecular weight is 224 g/mol. The third-order valence-electron chi connectivity index (χ3n) is 0. The molecule has 1 N–H and O–H groups in total. The molecule has 0 spiro atoms. The maximum absolute atomic E-state index is 8.66. The minimum Gasteiger partial charge on any atom is -0.790 e. The molecule has 0 rings (SSSR count). The molecule has 7 heavy (non-hydrogen) atoms. The van der Waals surface area contributed by atoms with Crippen molar-refractivity contribution in [1.29, 1.82) is 0 Å².